The quantitative estimate of drug-likeness (QED) is 0.0634. The number of hydrogen-bond donors (Lipinski definition) is 13. The zero-order chi connectivity index (χ0) is 48.1. The summed E-state index contributed by atoms with van der Waals surface area (Å²) in [6, 6.07) is 7.77. The average Bonchev–Trinajstić information content (AvgIpc) is 3.61. The van der Waals surface area contributed by atoms with Crippen molar-refractivity contribution in [2.75, 3.05) is 0 Å². The van der Waals surface area contributed by atoms with Crippen molar-refractivity contribution in [1.29, 1.82) is 0 Å². The van der Waals surface area contributed by atoms with Crippen LogP contribution in [-0.4, -0.2) is 120 Å². The van der Waals surface area contributed by atoms with Crippen LogP contribution in [0.3, 0.4) is 0 Å². The Bertz CT molecular complexity index is 2930. The maximum Gasteiger partial charge on any atom is 0.345 e. The Morgan fingerprint density at radius 3 is 1.57 bits per heavy atom. The molecule has 67 heavy (non-hydrogen) atoms. The standard InChI is InChI=1S/C44H34O23/c45-15-5-20(47)17-10-29(64-42(60)13-1-22(49)34(55)23(50)2-13)37(62-27(17)7-15)19-9-26(53)36(57)38-32(19)33-39(41(58)59)66-31(54)12-44(33,67-38)40-30(11-18-21(48)6-16(46)8-28(18)63-40)65-43(61)14-3-24(51)35(56)25(52)4-14/h1-9,29-30,33,37,39-40,45-53,55-57H,10-12H2,(H,58,59)/t29-,30?,33+,37-,39+,40+,44+/m1/s1. The van der Waals surface area contributed by atoms with Gasteiger partial charge in [-0.2, -0.15) is 0 Å². The van der Waals surface area contributed by atoms with E-state index in [-0.39, 0.29) is 28.2 Å². The molecule has 9 rings (SSSR count). The smallest absolute Gasteiger partial charge is 0.345 e. The predicted molar refractivity (Wildman–Crippen MR) is 214 cm³/mol. The molecule has 0 amide bonds. The number of aromatic hydroxyl groups is 12. The molecule has 5 aromatic carbocycles. The number of ether oxygens (including phenoxy) is 6. The van der Waals surface area contributed by atoms with Crippen LogP contribution in [0.2, 0.25) is 0 Å². The minimum Gasteiger partial charge on any atom is -0.508 e. The molecule has 0 saturated carbocycles. The molecule has 0 aliphatic carbocycles. The lowest BCUT2D eigenvalue weighted by molar-refractivity contribution is -0.196. The number of cyclic esters (lactones) is 1. The molecule has 5 aromatic rings. The Kier molecular flexibility index (Phi) is 9.88. The first-order valence-corrected chi connectivity index (χ1v) is 19.7. The monoisotopic (exact) mass is 930 g/mol. The Hall–Kier alpha value is -9.02. The summed E-state index contributed by atoms with van der Waals surface area (Å²) in [5.74, 6) is -18.8. The van der Waals surface area contributed by atoms with Crippen molar-refractivity contribution in [2.24, 2.45) is 0 Å². The molecule has 7 atom stereocenters. The van der Waals surface area contributed by atoms with E-state index in [2.05, 4.69) is 0 Å². The fourth-order valence-electron chi connectivity index (χ4n) is 9.02. The van der Waals surface area contributed by atoms with E-state index in [0.29, 0.717) is 0 Å². The number of hydrogen-bond acceptors (Lipinski definition) is 22. The Balaban J connectivity index is 1.23. The normalized spacial score (nSPS) is 23.4. The van der Waals surface area contributed by atoms with Gasteiger partial charge in [0.2, 0.25) is 11.9 Å². The van der Waals surface area contributed by atoms with E-state index in [1.54, 1.807) is 0 Å². The number of esters is 3. The van der Waals surface area contributed by atoms with Crippen LogP contribution in [0, 0.1) is 0 Å². The van der Waals surface area contributed by atoms with E-state index < -0.39 is 177 Å². The van der Waals surface area contributed by atoms with Gasteiger partial charge in [0, 0.05) is 59.4 Å². The third-order valence-corrected chi connectivity index (χ3v) is 11.9. The topological polar surface area (TPSA) is 387 Å². The van der Waals surface area contributed by atoms with Crippen LogP contribution in [0.5, 0.6) is 86.2 Å². The Morgan fingerprint density at radius 1 is 0.567 bits per heavy atom. The van der Waals surface area contributed by atoms with Crippen molar-refractivity contribution in [1.82, 2.24) is 0 Å². The van der Waals surface area contributed by atoms with Gasteiger partial charge in [-0.05, 0) is 30.3 Å². The van der Waals surface area contributed by atoms with Crippen molar-refractivity contribution in [3.63, 3.8) is 0 Å². The highest BCUT2D eigenvalue weighted by Crippen LogP contribution is 2.62. The maximum atomic E-state index is 13.8. The van der Waals surface area contributed by atoms with Crippen molar-refractivity contribution < 1.29 is 114 Å². The number of carbonyl (C=O) groups is 4. The van der Waals surface area contributed by atoms with Gasteiger partial charge < -0.3 is 94.8 Å². The molecule has 23 heteroatoms. The first-order chi connectivity index (χ1) is 31.6. The molecular formula is C44H34O23. The molecular weight excluding hydrogens is 896 g/mol. The second kappa shape index (κ2) is 15.3. The van der Waals surface area contributed by atoms with Crippen LogP contribution >= 0.6 is 0 Å². The minimum absolute atomic E-state index is 0.0517. The molecule has 1 fully saturated rings. The second-order valence-electron chi connectivity index (χ2n) is 16.0. The summed E-state index contributed by atoms with van der Waals surface area (Å²) in [5, 5.41) is 137. The first-order valence-electron chi connectivity index (χ1n) is 19.7. The summed E-state index contributed by atoms with van der Waals surface area (Å²) in [6.07, 6.45) is -11.5. The first kappa shape index (κ1) is 43.2. The number of carbonyl (C=O) groups excluding carboxylic acids is 3. The van der Waals surface area contributed by atoms with Crippen molar-refractivity contribution in [3.8, 4) is 86.2 Å². The summed E-state index contributed by atoms with van der Waals surface area (Å²) in [5.41, 5.74) is -4.49. The van der Waals surface area contributed by atoms with Gasteiger partial charge in [-0.15, -0.1) is 0 Å². The fraction of sp³-hybridized carbons (Fsp3) is 0.227. The molecule has 1 unspecified atom stereocenters. The lowest BCUT2D eigenvalue weighted by atomic mass is 9.69. The number of aliphatic carboxylic acids is 1. The van der Waals surface area contributed by atoms with Crippen LogP contribution in [0.25, 0.3) is 0 Å². The van der Waals surface area contributed by atoms with Gasteiger partial charge in [-0.3, -0.25) is 4.79 Å². The van der Waals surface area contributed by atoms with Crippen molar-refractivity contribution in [2.45, 2.75) is 61.3 Å². The van der Waals surface area contributed by atoms with E-state index in [4.69, 9.17) is 28.4 Å². The molecule has 1 saturated heterocycles. The lowest BCUT2D eigenvalue weighted by Crippen LogP contribution is -2.65. The lowest BCUT2D eigenvalue weighted by Gasteiger charge is -2.48. The third kappa shape index (κ3) is 6.99. The van der Waals surface area contributed by atoms with Gasteiger partial charge in [0.15, 0.2) is 63.8 Å². The Labute approximate surface area is 372 Å². The average molecular weight is 931 g/mol. The zero-order valence-electron chi connectivity index (χ0n) is 33.7. The number of phenols is 12. The SMILES string of the molecule is O=C1C[C@]2([C@H]3Oc4cc(O)cc(O)c4CC3OC(=O)c3cc(O)c(O)c(O)c3)Oc3c(O)c(O)cc([C@H]4Oc5cc(O)cc(O)c5C[C@H]4OC(=O)c4cc(O)c(O)c(O)c4)c3[C@H]2[C@@H](C(=O)O)O1. The highest BCUT2D eigenvalue weighted by Gasteiger charge is 2.68. The van der Waals surface area contributed by atoms with Crippen LogP contribution in [-0.2, 0) is 36.6 Å². The molecule has 0 spiro atoms. The molecule has 0 aromatic heterocycles. The van der Waals surface area contributed by atoms with E-state index in [1.165, 1.54) is 0 Å². The highest BCUT2D eigenvalue weighted by atomic mass is 16.6. The van der Waals surface area contributed by atoms with Gasteiger partial charge in [-0.25, -0.2) is 14.4 Å². The molecule has 4 aliphatic rings. The minimum atomic E-state index is -2.51. The second-order valence-corrected chi connectivity index (χ2v) is 16.0. The number of phenolic OH excluding ortho intramolecular Hbond substituents is 12. The molecule has 4 aliphatic heterocycles. The summed E-state index contributed by atoms with van der Waals surface area (Å²) in [7, 11) is 0. The maximum absolute atomic E-state index is 13.8. The van der Waals surface area contributed by atoms with Gasteiger partial charge >= 0.3 is 23.9 Å². The Morgan fingerprint density at radius 2 is 1.04 bits per heavy atom. The predicted octanol–water partition coefficient (Wildman–Crippen LogP) is 2.90. The van der Waals surface area contributed by atoms with E-state index >= 15 is 0 Å². The van der Waals surface area contributed by atoms with Crippen molar-refractivity contribution >= 4 is 23.9 Å². The van der Waals surface area contributed by atoms with Crippen LogP contribution in [0.15, 0.2) is 54.6 Å². The molecule has 0 bridgehead atoms. The molecule has 348 valence electrons. The van der Waals surface area contributed by atoms with E-state index in [9.17, 15) is 85.6 Å². The summed E-state index contributed by atoms with van der Waals surface area (Å²) in [4.78, 5) is 54.5. The molecule has 23 nitrogen and oxygen atoms in total. The van der Waals surface area contributed by atoms with Crippen LogP contribution in [0.1, 0.15) is 61.4 Å². The number of fused-ring (bicyclic) bond motifs is 5. The number of rotatable bonds is 7. The molecule has 13 N–H and O–H groups in total. The summed E-state index contributed by atoms with van der Waals surface area (Å²) < 4.78 is 36.1. The van der Waals surface area contributed by atoms with Crippen LogP contribution in [0.4, 0.5) is 0 Å². The zero-order valence-corrected chi connectivity index (χ0v) is 33.7. The third-order valence-electron chi connectivity index (χ3n) is 11.9. The van der Waals surface area contributed by atoms with Gasteiger partial charge in [-0.1, -0.05) is 0 Å². The van der Waals surface area contributed by atoms with Gasteiger partial charge in [0.05, 0.1) is 23.5 Å². The fourth-order valence-corrected chi connectivity index (χ4v) is 9.02. The molecule has 4 heterocycles. The van der Waals surface area contributed by atoms with Gasteiger partial charge in [0.25, 0.3) is 0 Å². The number of carboxylic acid groups (broad SMARTS) is 1. The van der Waals surface area contributed by atoms with E-state index in [0.717, 1.165) is 54.6 Å². The van der Waals surface area contributed by atoms with Crippen molar-refractivity contribution in [3.05, 3.63) is 88.0 Å². The highest BCUT2D eigenvalue weighted by molar-refractivity contribution is 5.92. The number of carboxylic acids is 1. The summed E-state index contributed by atoms with van der Waals surface area (Å²) >= 11 is 0. The number of benzene rings is 5. The molecule has 0 radical (unpaired) electrons. The van der Waals surface area contributed by atoms with Gasteiger partial charge in [0.1, 0.15) is 46.7 Å². The van der Waals surface area contributed by atoms with Crippen LogP contribution < -0.4 is 14.2 Å². The summed E-state index contributed by atoms with van der Waals surface area (Å²) in [6.45, 7) is 0. The largest absolute Gasteiger partial charge is 0.508 e. The van der Waals surface area contributed by atoms with E-state index in [1.807, 2.05) is 0 Å².